The van der Waals surface area contributed by atoms with Gasteiger partial charge in [-0.3, -0.25) is 4.79 Å². The van der Waals surface area contributed by atoms with Crippen LogP contribution in [0.5, 0.6) is 23.0 Å². The van der Waals surface area contributed by atoms with E-state index in [-0.39, 0.29) is 0 Å². The van der Waals surface area contributed by atoms with Crippen LogP contribution in [0.1, 0.15) is 28.4 Å². The van der Waals surface area contributed by atoms with Crippen LogP contribution >= 0.6 is 23.2 Å². The molecule has 3 rings (SSSR count). The largest absolute Gasteiger partial charge is 0.493 e. The number of hydrazone groups is 1. The summed E-state index contributed by atoms with van der Waals surface area (Å²) in [6.45, 7) is 2.65. The van der Waals surface area contributed by atoms with E-state index in [4.69, 9.17) is 42.1 Å². The number of carbonyl (C=O) groups is 1. The fourth-order valence-corrected chi connectivity index (χ4v) is 3.40. The molecule has 0 aliphatic carbocycles. The van der Waals surface area contributed by atoms with E-state index in [1.165, 1.54) is 20.4 Å². The number of halogens is 2. The molecule has 0 saturated carbocycles. The van der Waals surface area contributed by atoms with Crippen molar-refractivity contribution in [1.82, 2.24) is 5.43 Å². The van der Waals surface area contributed by atoms with Crippen LogP contribution in [0.4, 0.5) is 0 Å². The number of nitrogens with one attached hydrogen (secondary N) is 1. The standard InChI is InChI=1S/C25H24Cl2N2O5/c1-4-33-21-10-7-18(13-22(21)31-2)25(30)29-28-14-17-11-20(27)24(23(12-17)32-3)34-15-16-5-8-19(26)9-6-16/h5-14H,4,15H2,1-3H3,(H,29,30)/b28-14+. The van der Waals surface area contributed by atoms with Gasteiger partial charge in [0.1, 0.15) is 6.61 Å². The first kappa shape index (κ1) is 25.2. The molecule has 1 N–H and O–H groups in total. The van der Waals surface area contributed by atoms with E-state index in [0.717, 1.165) is 5.56 Å². The molecule has 0 aromatic heterocycles. The quantitative estimate of drug-likeness (QED) is 0.282. The predicted octanol–water partition coefficient (Wildman–Crippen LogP) is 5.75. The van der Waals surface area contributed by atoms with E-state index in [9.17, 15) is 4.79 Å². The number of hydrogen-bond acceptors (Lipinski definition) is 6. The van der Waals surface area contributed by atoms with Gasteiger partial charge in [-0.1, -0.05) is 35.3 Å². The molecule has 0 unspecified atom stereocenters. The summed E-state index contributed by atoms with van der Waals surface area (Å²) in [4.78, 5) is 12.5. The highest BCUT2D eigenvalue weighted by Gasteiger charge is 2.13. The number of amides is 1. The highest BCUT2D eigenvalue weighted by atomic mass is 35.5. The Morgan fingerprint density at radius 3 is 2.35 bits per heavy atom. The maximum atomic E-state index is 12.5. The Kier molecular flexibility index (Phi) is 9.01. The molecule has 34 heavy (non-hydrogen) atoms. The lowest BCUT2D eigenvalue weighted by atomic mass is 10.2. The third-order valence-corrected chi connectivity index (χ3v) is 5.19. The molecule has 0 radical (unpaired) electrons. The lowest BCUT2D eigenvalue weighted by molar-refractivity contribution is 0.0954. The zero-order valence-electron chi connectivity index (χ0n) is 18.9. The van der Waals surface area contributed by atoms with Crippen LogP contribution in [0.25, 0.3) is 0 Å². The van der Waals surface area contributed by atoms with Gasteiger partial charge in [-0.05, 0) is 60.5 Å². The molecule has 0 atom stereocenters. The molecule has 0 saturated heterocycles. The van der Waals surface area contributed by atoms with Crippen LogP contribution in [-0.4, -0.2) is 32.9 Å². The van der Waals surface area contributed by atoms with Gasteiger partial charge in [0.05, 0.1) is 32.1 Å². The van der Waals surface area contributed by atoms with Crippen molar-refractivity contribution < 1.29 is 23.7 Å². The van der Waals surface area contributed by atoms with Gasteiger partial charge in [0, 0.05) is 10.6 Å². The fraction of sp³-hybridized carbons (Fsp3) is 0.200. The van der Waals surface area contributed by atoms with Crippen molar-refractivity contribution in [3.05, 3.63) is 81.3 Å². The Bertz CT molecular complexity index is 1170. The average molecular weight is 503 g/mol. The van der Waals surface area contributed by atoms with E-state index in [1.54, 1.807) is 42.5 Å². The topological polar surface area (TPSA) is 78.4 Å². The highest BCUT2D eigenvalue weighted by molar-refractivity contribution is 6.32. The Labute approximate surface area is 208 Å². The third kappa shape index (κ3) is 6.56. The van der Waals surface area contributed by atoms with Gasteiger partial charge in [-0.25, -0.2) is 5.43 Å². The normalized spacial score (nSPS) is 10.7. The summed E-state index contributed by atoms with van der Waals surface area (Å²) >= 11 is 12.3. The summed E-state index contributed by atoms with van der Waals surface area (Å²) in [6, 6.07) is 15.6. The minimum absolute atomic E-state index is 0.294. The molecule has 3 aromatic rings. The van der Waals surface area contributed by atoms with Gasteiger partial charge in [-0.2, -0.15) is 5.10 Å². The molecule has 178 valence electrons. The molecule has 1 amide bonds. The molecule has 0 heterocycles. The number of benzene rings is 3. The van der Waals surface area contributed by atoms with Gasteiger partial charge >= 0.3 is 0 Å². The first-order valence-corrected chi connectivity index (χ1v) is 11.1. The average Bonchev–Trinajstić information content (AvgIpc) is 2.84. The van der Waals surface area contributed by atoms with Crippen molar-refractivity contribution in [3.8, 4) is 23.0 Å². The number of hydrogen-bond donors (Lipinski definition) is 1. The van der Waals surface area contributed by atoms with Crippen molar-refractivity contribution in [3.63, 3.8) is 0 Å². The number of methoxy groups -OCH3 is 2. The van der Waals surface area contributed by atoms with E-state index >= 15 is 0 Å². The first-order chi connectivity index (χ1) is 16.4. The lowest BCUT2D eigenvalue weighted by Crippen LogP contribution is -2.17. The third-order valence-electron chi connectivity index (χ3n) is 4.65. The van der Waals surface area contributed by atoms with Gasteiger partial charge in [0.25, 0.3) is 5.91 Å². The minimum Gasteiger partial charge on any atom is -0.493 e. The number of nitrogens with zero attached hydrogens (tertiary/aromatic N) is 1. The van der Waals surface area contributed by atoms with Crippen molar-refractivity contribution in [2.75, 3.05) is 20.8 Å². The molecule has 0 bridgehead atoms. The molecule has 0 aliphatic heterocycles. The second-order valence-electron chi connectivity index (χ2n) is 6.95. The maximum Gasteiger partial charge on any atom is 0.271 e. The van der Waals surface area contributed by atoms with Crippen LogP contribution in [0.3, 0.4) is 0 Å². The fourth-order valence-electron chi connectivity index (χ4n) is 3.00. The Balaban J connectivity index is 1.68. The molecule has 0 spiro atoms. The van der Waals surface area contributed by atoms with Gasteiger partial charge in [0.15, 0.2) is 23.0 Å². The summed E-state index contributed by atoms with van der Waals surface area (Å²) in [7, 11) is 3.03. The number of ether oxygens (including phenoxy) is 4. The van der Waals surface area contributed by atoms with Gasteiger partial charge < -0.3 is 18.9 Å². The summed E-state index contributed by atoms with van der Waals surface area (Å²) in [5.41, 5.74) is 4.40. The van der Waals surface area contributed by atoms with Crippen LogP contribution < -0.4 is 24.4 Å². The molecule has 0 fully saturated rings. The van der Waals surface area contributed by atoms with Gasteiger partial charge in [0.2, 0.25) is 0 Å². The smallest absolute Gasteiger partial charge is 0.271 e. The number of carbonyl (C=O) groups excluding carboxylic acids is 1. The van der Waals surface area contributed by atoms with E-state index in [0.29, 0.717) is 57.4 Å². The lowest BCUT2D eigenvalue weighted by Gasteiger charge is -2.13. The Morgan fingerprint density at radius 2 is 1.68 bits per heavy atom. The molecular formula is C25H24Cl2N2O5. The SMILES string of the molecule is CCOc1ccc(C(=O)N/N=C/c2cc(Cl)c(OCc3ccc(Cl)cc3)c(OC)c2)cc1OC. The summed E-state index contributed by atoms with van der Waals surface area (Å²) in [5.74, 6) is 1.46. The van der Waals surface area contributed by atoms with Crippen molar-refractivity contribution in [2.24, 2.45) is 5.10 Å². The Morgan fingerprint density at radius 1 is 0.941 bits per heavy atom. The van der Waals surface area contributed by atoms with Crippen molar-refractivity contribution in [1.29, 1.82) is 0 Å². The monoisotopic (exact) mass is 502 g/mol. The molecule has 7 nitrogen and oxygen atoms in total. The maximum absolute atomic E-state index is 12.5. The van der Waals surface area contributed by atoms with E-state index in [2.05, 4.69) is 10.5 Å². The molecule has 9 heteroatoms. The predicted molar refractivity (Wildman–Crippen MR) is 133 cm³/mol. The second-order valence-corrected chi connectivity index (χ2v) is 7.79. The van der Waals surface area contributed by atoms with Crippen LogP contribution in [-0.2, 0) is 6.61 Å². The van der Waals surface area contributed by atoms with E-state index in [1.807, 2.05) is 19.1 Å². The first-order valence-electron chi connectivity index (χ1n) is 10.3. The minimum atomic E-state index is -0.404. The van der Waals surface area contributed by atoms with Gasteiger partial charge in [-0.15, -0.1) is 0 Å². The molecule has 3 aromatic carbocycles. The molecular weight excluding hydrogens is 479 g/mol. The van der Waals surface area contributed by atoms with Crippen LogP contribution in [0.2, 0.25) is 10.0 Å². The zero-order valence-corrected chi connectivity index (χ0v) is 20.4. The summed E-state index contributed by atoms with van der Waals surface area (Å²) < 4.78 is 22.0. The van der Waals surface area contributed by atoms with Crippen molar-refractivity contribution >= 4 is 35.3 Å². The molecule has 0 aliphatic rings. The Hall–Kier alpha value is -3.42. The highest BCUT2D eigenvalue weighted by Crippen LogP contribution is 2.36. The second kappa shape index (κ2) is 12.2. The van der Waals surface area contributed by atoms with Crippen LogP contribution in [0.15, 0.2) is 59.7 Å². The van der Waals surface area contributed by atoms with E-state index < -0.39 is 5.91 Å². The summed E-state index contributed by atoms with van der Waals surface area (Å²) in [6.07, 6.45) is 1.46. The zero-order chi connectivity index (χ0) is 24.5. The summed E-state index contributed by atoms with van der Waals surface area (Å²) in [5, 5.41) is 5.01. The number of rotatable bonds is 10. The van der Waals surface area contributed by atoms with Crippen molar-refractivity contribution in [2.45, 2.75) is 13.5 Å². The van der Waals surface area contributed by atoms with Crippen LogP contribution in [0, 0.1) is 0 Å².